The van der Waals surface area contributed by atoms with Gasteiger partial charge < -0.3 is 5.73 Å². The number of carbonyl (C=O) groups is 1. The standard InChI is InChI=1S/C12H15N3O2/c1-14-9-4-3-8(11(16)5-6-13)7-10(9)15(2)12(14)17/h3-4,7H,5-6,13H2,1-2H3. The van der Waals surface area contributed by atoms with E-state index in [9.17, 15) is 9.59 Å². The third-order valence-electron chi connectivity index (χ3n) is 2.97. The van der Waals surface area contributed by atoms with Crippen LogP contribution >= 0.6 is 0 Å². The van der Waals surface area contributed by atoms with Crippen LogP contribution in [0.5, 0.6) is 0 Å². The fourth-order valence-electron chi connectivity index (χ4n) is 1.96. The van der Waals surface area contributed by atoms with E-state index < -0.39 is 0 Å². The topological polar surface area (TPSA) is 70.0 Å². The van der Waals surface area contributed by atoms with Crippen LogP contribution < -0.4 is 11.4 Å². The van der Waals surface area contributed by atoms with Crippen LogP contribution in [0.4, 0.5) is 0 Å². The zero-order valence-electron chi connectivity index (χ0n) is 9.93. The molecule has 0 atom stereocenters. The quantitative estimate of drug-likeness (QED) is 0.780. The molecule has 0 spiro atoms. The Labute approximate surface area is 98.4 Å². The lowest BCUT2D eigenvalue weighted by Crippen LogP contribution is -2.19. The number of hydrogen-bond acceptors (Lipinski definition) is 3. The van der Waals surface area contributed by atoms with Crippen molar-refractivity contribution >= 4 is 16.8 Å². The first-order valence-electron chi connectivity index (χ1n) is 5.45. The maximum absolute atomic E-state index is 11.7. The minimum absolute atomic E-state index is 0.00528. The Hall–Kier alpha value is -1.88. The molecule has 1 heterocycles. The molecule has 2 N–H and O–H groups in total. The highest BCUT2D eigenvalue weighted by Crippen LogP contribution is 2.15. The monoisotopic (exact) mass is 233 g/mol. The van der Waals surface area contributed by atoms with E-state index in [-0.39, 0.29) is 11.5 Å². The van der Waals surface area contributed by atoms with Gasteiger partial charge in [-0.3, -0.25) is 13.9 Å². The number of ketones is 1. The summed E-state index contributed by atoms with van der Waals surface area (Å²) in [5.41, 5.74) is 7.45. The number of imidazole rings is 1. The smallest absolute Gasteiger partial charge is 0.328 e. The summed E-state index contributed by atoms with van der Waals surface area (Å²) >= 11 is 0. The molecule has 0 bridgehead atoms. The zero-order valence-corrected chi connectivity index (χ0v) is 9.93. The van der Waals surface area contributed by atoms with E-state index in [0.29, 0.717) is 18.5 Å². The fraction of sp³-hybridized carbons (Fsp3) is 0.333. The summed E-state index contributed by atoms with van der Waals surface area (Å²) in [6.07, 6.45) is 0.326. The molecular formula is C12H15N3O2. The van der Waals surface area contributed by atoms with Crippen LogP contribution in [0.25, 0.3) is 11.0 Å². The summed E-state index contributed by atoms with van der Waals surface area (Å²) in [5.74, 6) is 0.00528. The Balaban J connectivity index is 2.62. The average molecular weight is 233 g/mol. The molecule has 1 aromatic heterocycles. The number of Topliss-reactive ketones (excluding diaryl/α,β-unsaturated/α-hetero) is 1. The molecule has 0 unspecified atom stereocenters. The van der Waals surface area contributed by atoms with Crippen molar-refractivity contribution in [1.29, 1.82) is 0 Å². The minimum atomic E-state index is -0.0941. The molecule has 0 saturated carbocycles. The SMILES string of the molecule is Cn1c(=O)n(C)c2cc(C(=O)CCN)ccc21. The molecule has 0 amide bonds. The normalized spacial score (nSPS) is 11.0. The number of aryl methyl sites for hydroxylation is 2. The molecule has 2 rings (SSSR count). The second kappa shape index (κ2) is 4.18. The summed E-state index contributed by atoms with van der Waals surface area (Å²) in [4.78, 5) is 23.4. The van der Waals surface area contributed by atoms with E-state index in [1.165, 1.54) is 4.57 Å². The Morgan fingerprint density at radius 1 is 1.24 bits per heavy atom. The van der Waals surface area contributed by atoms with Gasteiger partial charge in [0.25, 0.3) is 0 Å². The Morgan fingerprint density at radius 3 is 2.53 bits per heavy atom. The highest BCUT2D eigenvalue weighted by molar-refractivity contribution is 5.99. The van der Waals surface area contributed by atoms with Crippen LogP contribution in [-0.4, -0.2) is 21.5 Å². The number of fused-ring (bicyclic) bond motifs is 1. The number of benzene rings is 1. The van der Waals surface area contributed by atoms with Crippen molar-refractivity contribution in [1.82, 2.24) is 9.13 Å². The lowest BCUT2D eigenvalue weighted by molar-refractivity contribution is 0.0985. The predicted molar refractivity (Wildman–Crippen MR) is 66.2 cm³/mol. The van der Waals surface area contributed by atoms with Gasteiger partial charge in [-0.05, 0) is 24.7 Å². The van der Waals surface area contributed by atoms with Crippen LogP contribution in [0.3, 0.4) is 0 Å². The first-order valence-corrected chi connectivity index (χ1v) is 5.45. The average Bonchev–Trinajstić information content (AvgIpc) is 2.55. The van der Waals surface area contributed by atoms with Crippen molar-refractivity contribution in [3.8, 4) is 0 Å². The Bertz CT molecular complexity index is 637. The second-order valence-corrected chi connectivity index (χ2v) is 4.07. The van der Waals surface area contributed by atoms with E-state index in [4.69, 9.17) is 5.73 Å². The van der Waals surface area contributed by atoms with Gasteiger partial charge in [0.15, 0.2) is 5.78 Å². The van der Waals surface area contributed by atoms with Gasteiger partial charge in [0.05, 0.1) is 11.0 Å². The van der Waals surface area contributed by atoms with Crippen LogP contribution in [0.2, 0.25) is 0 Å². The van der Waals surface area contributed by atoms with Crippen LogP contribution in [0.1, 0.15) is 16.8 Å². The van der Waals surface area contributed by atoms with Gasteiger partial charge in [-0.25, -0.2) is 4.79 Å². The van der Waals surface area contributed by atoms with Crippen LogP contribution in [-0.2, 0) is 14.1 Å². The highest BCUT2D eigenvalue weighted by Gasteiger charge is 2.11. The number of hydrogen-bond donors (Lipinski definition) is 1. The minimum Gasteiger partial charge on any atom is -0.330 e. The van der Waals surface area contributed by atoms with Crippen molar-refractivity contribution in [3.05, 3.63) is 34.2 Å². The van der Waals surface area contributed by atoms with E-state index in [1.54, 1.807) is 36.9 Å². The molecular weight excluding hydrogens is 218 g/mol. The molecule has 0 radical (unpaired) electrons. The van der Waals surface area contributed by atoms with E-state index in [0.717, 1.165) is 11.0 Å². The number of aromatic nitrogens is 2. The van der Waals surface area contributed by atoms with Gasteiger partial charge in [0.1, 0.15) is 0 Å². The molecule has 0 aliphatic rings. The summed E-state index contributed by atoms with van der Waals surface area (Å²) < 4.78 is 3.10. The van der Waals surface area contributed by atoms with Gasteiger partial charge in [-0.15, -0.1) is 0 Å². The molecule has 17 heavy (non-hydrogen) atoms. The third kappa shape index (κ3) is 1.78. The Morgan fingerprint density at radius 2 is 1.88 bits per heavy atom. The second-order valence-electron chi connectivity index (χ2n) is 4.07. The molecule has 0 saturated heterocycles. The molecule has 0 fully saturated rings. The zero-order chi connectivity index (χ0) is 12.6. The molecule has 5 nitrogen and oxygen atoms in total. The third-order valence-corrected chi connectivity index (χ3v) is 2.97. The molecule has 0 aliphatic carbocycles. The van der Waals surface area contributed by atoms with E-state index in [2.05, 4.69) is 0 Å². The number of carbonyl (C=O) groups excluding carboxylic acids is 1. The molecule has 2 aromatic rings. The maximum atomic E-state index is 11.7. The van der Waals surface area contributed by atoms with Crippen LogP contribution in [0, 0.1) is 0 Å². The van der Waals surface area contributed by atoms with Crippen molar-refractivity contribution in [2.75, 3.05) is 6.54 Å². The maximum Gasteiger partial charge on any atom is 0.328 e. The first-order chi connectivity index (χ1) is 8.06. The largest absolute Gasteiger partial charge is 0.330 e. The first kappa shape index (κ1) is 11.6. The summed E-state index contributed by atoms with van der Waals surface area (Å²) in [6.45, 7) is 0.338. The molecule has 90 valence electrons. The van der Waals surface area contributed by atoms with Gasteiger partial charge >= 0.3 is 5.69 Å². The van der Waals surface area contributed by atoms with Gasteiger partial charge in [0, 0.05) is 26.1 Å². The van der Waals surface area contributed by atoms with Gasteiger partial charge in [-0.2, -0.15) is 0 Å². The van der Waals surface area contributed by atoms with Crippen molar-refractivity contribution in [3.63, 3.8) is 0 Å². The summed E-state index contributed by atoms with van der Waals surface area (Å²) in [5, 5.41) is 0. The molecule has 0 aliphatic heterocycles. The summed E-state index contributed by atoms with van der Waals surface area (Å²) in [6, 6.07) is 5.27. The molecule has 5 heteroatoms. The number of nitrogens with two attached hydrogens (primary N) is 1. The lowest BCUT2D eigenvalue weighted by Gasteiger charge is -2.00. The Kier molecular flexibility index (Phi) is 2.85. The summed E-state index contributed by atoms with van der Waals surface area (Å²) in [7, 11) is 3.41. The van der Waals surface area contributed by atoms with Crippen molar-refractivity contribution < 1.29 is 4.79 Å². The van der Waals surface area contributed by atoms with Gasteiger partial charge in [-0.1, -0.05) is 0 Å². The van der Waals surface area contributed by atoms with Crippen LogP contribution in [0.15, 0.2) is 23.0 Å². The van der Waals surface area contributed by atoms with Gasteiger partial charge in [0.2, 0.25) is 0 Å². The lowest BCUT2D eigenvalue weighted by atomic mass is 10.1. The van der Waals surface area contributed by atoms with E-state index >= 15 is 0 Å². The predicted octanol–water partition coefficient (Wildman–Crippen LogP) is 0.408. The highest BCUT2D eigenvalue weighted by atomic mass is 16.1. The number of nitrogens with zero attached hydrogens (tertiary/aromatic N) is 2. The fourth-order valence-corrected chi connectivity index (χ4v) is 1.96. The van der Waals surface area contributed by atoms with Crippen molar-refractivity contribution in [2.45, 2.75) is 6.42 Å². The molecule has 1 aromatic carbocycles. The van der Waals surface area contributed by atoms with Crippen molar-refractivity contribution in [2.24, 2.45) is 19.8 Å². The number of rotatable bonds is 3. The van der Waals surface area contributed by atoms with E-state index in [1.807, 2.05) is 0 Å².